The number of rotatable bonds is 3. The minimum atomic E-state index is -0.357. The Labute approximate surface area is 129 Å². The summed E-state index contributed by atoms with van der Waals surface area (Å²) < 4.78 is 13.9. The van der Waals surface area contributed by atoms with Crippen LogP contribution in [-0.2, 0) is 6.54 Å². The average molecular weight is 358 g/mol. The lowest BCUT2D eigenvalue weighted by Gasteiger charge is -2.08. The topological polar surface area (TPSA) is 55.1 Å². The van der Waals surface area contributed by atoms with E-state index < -0.39 is 0 Å². The molecule has 2 aromatic rings. The molecule has 0 radical (unpaired) electrons. The lowest BCUT2D eigenvalue weighted by Crippen LogP contribution is -2.23. The van der Waals surface area contributed by atoms with Gasteiger partial charge in [0.2, 0.25) is 0 Å². The Hall–Kier alpha value is -1.59. The molecule has 2 rings (SSSR count). The highest BCUT2D eigenvalue weighted by Gasteiger charge is 2.09. The largest absolute Gasteiger partial charge is 0.399 e. The van der Waals surface area contributed by atoms with E-state index in [1.54, 1.807) is 12.1 Å². The van der Waals surface area contributed by atoms with E-state index >= 15 is 0 Å². The van der Waals surface area contributed by atoms with Gasteiger partial charge in [-0.25, -0.2) is 4.39 Å². The molecule has 6 heteroatoms. The zero-order chi connectivity index (χ0) is 14.7. The second-order valence-corrected chi connectivity index (χ2v) is 5.48. The first-order chi connectivity index (χ1) is 9.45. The van der Waals surface area contributed by atoms with E-state index in [9.17, 15) is 9.18 Å². The summed E-state index contributed by atoms with van der Waals surface area (Å²) in [6.07, 6.45) is 0. The van der Waals surface area contributed by atoms with Crippen molar-refractivity contribution in [1.82, 2.24) is 5.32 Å². The lowest BCUT2D eigenvalue weighted by atomic mass is 10.1. The molecular formula is C14H11BrClFN2O. The smallest absolute Gasteiger partial charge is 0.251 e. The van der Waals surface area contributed by atoms with Gasteiger partial charge in [0.05, 0.1) is 0 Å². The molecule has 3 N–H and O–H groups in total. The number of hydrogen-bond acceptors (Lipinski definition) is 2. The third kappa shape index (κ3) is 3.71. The fraction of sp³-hybridized carbons (Fsp3) is 0.0714. The molecule has 0 atom stereocenters. The van der Waals surface area contributed by atoms with Gasteiger partial charge in [-0.2, -0.15) is 0 Å². The fourth-order valence-corrected chi connectivity index (χ4v) is 2.33. The molecule has 0 aliphatic carbocycles. The van der Waals surface area contributed by atoms with Crippen LogP contribution in [0.4, 0.5) is 10.1 Å². The van der Waals surface area contributed by atoms with Gasteiger partial charge in [0.15, 0.2) is 0 Å². The Balaban J connectivity index is 2.10. The van der Waals surface area contributed by atoms with Crippen molar-refractivity contribution in [2.45, 2.75) is 6.54 Å². The molecule has 20 heavy (non-hydrogen) atoms. The molecule has 1 amide bonds. The van der Waals surface area contributed by atoms with Crippen molar-refractivity contribution in [2.24, 2.45) is 0 Å². The van der Waals surface area contributed by atoms with Gasteiger partial charge in [-0.15, -0.1) is 0 Å². The number of benzene rings is 2. The molecule has 0 saturated heterocycles. The van der Waals surface area contributed by atoms with Gasteiger partial charge in [0, 0.05) is 27.3 Å². The van der Waals surface area contributed by atoms with Gasteiger partial charge in [-0.05, 0) is 42.0 Å². The summed E-state index contributed by atoms with van der Waals surface area (Å²) in [5, 5.41) is 3.08. The Bertz CT molecular complexity index is 643. The number of halogens is 3. The van der Waals surface area contributed by atoms with Crippen LogP contribution in [0.5, 0.6) is 0 Å². The molecule has 0 aromatic heterocycles. The molecule has 0 aliphatic rings. The second kappa shape index (κ2) is 6.24. The highest BCUT2D eigenvalue weighted by molar-refractivity contribution is 9.10. The summed E-state index contributed by atoms with van der Waals surface area (Å²) in [5.74, 6) is -0.681. The van der Waals surface area contributed by atoms with Crippen molar-refractivity contribution < 1.29 is 9.18 Å². The van der Waals surface area contributed by atoms with Gasteiger partial charge >= 0.3 is 0 Å². The van der Waals surface area contributed by atoms with Gasteiger partial charge < -0.3 is 11.1 Å². The molecule has 0 heterocycles. The van der Waals surface area contributed by atoms with Crippen LogP contribution in [0, 0.1) is 5.82 Å². The van der Waals surface area contributed by atoms with Crippen LogP contribution >= 0.6 is 27.5 Å². The van der Waals surface area contributed by atoms with Crippen LogP contribution in [0.25, 0.3) is 0 Å². The summed E-state index contributed by atoms with van der Waals surface area (Å²) in [7, 11) is 0. The van der Waals surface area contributed by atoms with Crippen LogP contribution in [0.2, 0.25) is 5.02 Å². The number of nitrogens with one attached hydrogen (secondary N) is 1. The number of carbonyl (C=O) groups is 1. The molecule has 0 aliphatic heterocycles. The number of nitrogens with two attached hydrogens (primary N) is 1. The Morgan fingerprint density at radius 1 is 1.30 bits per heavy atom. The van der Waals surface area contributed by atoms with Crippen molar-refractivity contribution >= 4 is 39.1 Å². The monoisotopic (exact) mass is 356 g/mol. The van der Waals surface area contributed by atoms with E-state index in [2.05, 4.69) is 21.2 Å². The number of carbonyl (C=O) groups excluding carboxylic acids is 1. The fourth-order valence-electron chi connectivity index (χ4n) is 1.70. The summed E-state index contributed by atoms with van der Waals surface area (Å²) in [4.78, 5) is 12.0. The summed E-state index contributed by atoms with van der Waals surface area (Å²) in [6, 6.07) is 8.90. The molecule has 2 aromatic carbocycles. The van der Waals surface area contributed by atoms with E-state index in [1.165, 1.54) is 24.3 Å². The SMILES string of the molecule is Nc1cc(Cl)cc(C(=O)NCc2cc(F)ccc2Br)c1. The molecule has 0 saturated carbocycles. The minimum absolute atomic E-state index is 0.198. The zero-order valence-corrected chi connectivity index (χ0v) is 12.6. The Kier molecular flexibility index (Phi) is 4.62. The van der Waals surface area contributed by atoms with Crippen molar-refractivity contribution in [3.05, 3.63) is 62.8 Å². The Morgan fingerprint density at radius 3 is 2.75 bits per heavy atom. The number of anilines is 1. The normalized spacial score (nSPS) is 10.3. The third-order valence-corrected chi connectivity index (χ3v) is 3.62. The van der Waals surface area contributed by atoms with Crippen LogP contribution in [0.15, 0.2) is 40.9 Å². The predicted molar refractivity (Wildman–Crippen MR) is 81.1 cm³/mol. The van der Waals surface area contributed by atoms with Crippen molar-refractivity contribution in [3.8, 4) is 0 Å². The summed E-state index contributed by atoms with van der Waals surface area (Å²) in [5.41, 5.74) is 7.05. The van der Waals surface area contributed by atoms with Crippen molar-refractivity contribution in [1.29, 1.82) is 0 Å². The summed E-state index contributed by atoms with van der Waals surface area (Å²) >= 11 is 9.14. The van der Waals surface area contributed by atoms with Crippen LogP contribution in [0.1, 0.15) is 15.9 Å². The quantitative estimate of drug-likeness (QED) is 0.822. The first-order valence-electron chi connectivity index (χ1n) is 5.74. The predicted octanol–water partition coefficient (Wildman–Crippen LogP) is 3.75. The highest BCUT2D eigenvalue weighted by atomic mass is 79.9. The number of amides is 1. The summed E-state index contributed by atoms with van der Waals surface area (Å²) in [6.45, 7) is 0.198. The molecule has 0 fully saturated rings. The van der Waals surface area contributed by atoms with Gasteiger partial charge in [0.25, 0.3) is 5.91 Å². The molecule has 0 bridgehead atoms. The number of hydrogen-bond donors (Lipinski definition) is 2. The molecule has 3 nitrogen and oxygen atoms in total. The van der Waals surface area contributed by atoms with Crippen molar-refractivity contribution in [2.75, 3.05) is 5.73 Å². The lowest BCUT2D eigenvalue weighted by molar-refractivity contribution is 0.0951. The van der Waals surface area contributed by atoms with E-state index in [0.29, 0.717) is 21.8 Å². The highest BCUT2D eigenvalue weighted by Crippen LogP contribution is 2.19. The first kappa shape index (κ1) is 14.8. The molecule has 0 unspecified atom stereocenters. The maximum Gasteiger partial charge on any atom is 0.251 e. The maximum atomic E-state index is 13.1. The van der Waals surface area contributed by atoms with Crippen LogP contribution in [0.3, 0.4) is 0 Å². The standard InChI is InChI=1S/C14H11BrClFN2O/c15-13-2-1-11(17)4-9(13)7-19-14(20)8-3-10(16)6-12(18)5-8/h1-6H,7,18H2,(H,19,20). The minimum Gasteiger partial charge on any atom is -0.399 e. The van der Waals surface area contributed by atoms with Crippen LogP contribution < -0.4 is 11.1 Å². The third-order valence-electron chi connectivity index (χ3n) is 2.63. The zero-order valence-electron chi connectivity index (χ0n) is 10.3. The van der Waals surface area contributed by atoms with E-state index in [4.69, 9.17) is 17.3 Å². The second-order valence-electron chi connectivity index (χ2n) is 4.19. The Morgan fingerprint density at radius 2 is 2.05 bits per heavy atom. The molecule has 104 valence electrons. The van der Waals surface area contributed by atoms with Crippen molar-refractivity contribution in [3.63, 3.8) is 0 Å². The average Bonchev–Trinajstić information content (AvgIpc) is 2.38. The van der Waals surface area contributed by atoms with Crippen LogP contribution in [-0.4, -0.2) is 5.91 Å². The van der Waals surface area contributed by atoms with Gasteiger partial charge in [-0.3, -0.25) is 4.79 Å². The van der Waals surface area contributed by atoms with E-state index in [-0.39, 0.29) is 18.3 Å². The van der Waals surface area contributed by atoms with E-state index in [1.807, 2.05) is 0 Å². The first-order valence-corrected chi connectivity index (χ1v) is 6.91. The van der Waals surface area contributed by atoms with Gasteiger partial charge in [0.1, 0.15) is 5.82 Å². The maximum absolute atomic E-state index is 13.1. The van der Waals surface area contributed by atoms with E-state index in [0.717, 1.165) is 4.47 Å². The molecule has 0 spiro atoms. The van der Waals surface area contributed by atoms with Gasteiger partial charge in [-0.1, -0.05) is 27.5 Å². The number of nitrogen functional groups attached to an aromatic ring is 1. The molecular weight excluding hydrogens is 347 g/mol.